The van der Waals surface area contributed by atoms with Crippen LogP contribution >= 0.6 is 23.2 Å². The predicted octanol–water partition coefficient (Wildman–Crippen LogP) is 5.65. The average Bonchev–Trinajstić information content (AvgIpc) is 2.70. The zero-order valence-corrected chi connectivity index (χ0v) is 18.1. The number of hydrogen-bond donors (Lipinski definition) is 1. The predicted molar refractivity (Wildman–Crippen MR) is 117 cm³/mol. The Morgan fingerprint density at radius 3 is 2.43 bits per heavy atom. The number of carbonyl (C=O) groups is 1. The number of aryl methyl sites for hydroxylation is 1. The fourth-order valence-corrected chi connectivity index (χ4v) is 4.17. The lowest BCUT2D eigenvalue weighted by Crippen LogP contribution is -2.40. The fraction of sp³-hybridized carbons (Fsp3) is 0.435. The maximum absolute atomic E-state index is 12.7. The van der Waals surface area contributed by atoms with Crippen LogP contribution in [0.25, 0.3) is 0 Å². The van der Waals surface area contributed by atoms with E-state index < -0.39 is 0 Å². The van der Waals surface area contributed by atoms with E-state index in [0.717, 1.165) is 50.0 Å². The van der Waals surface area contributed by atoms with Crippen LogP contribution in [-0.2, 0) is 17.8 Å². The lowest BCUT2D eigenvalue weighted by molar-refractivity contribution is -0.127. The van der Waals surface area contributed by atoms with E-state index in [1.54, 1.807) is 6.07 Å². The Balaban J connectivity index is 1.49. The van der Waals surface area contributed by atoms with Gasteiger partial charge in [0.25, 0.3) is 0 Å². The van der Waals surface area contributed by atoms with Crippen molar-refractivity contribution in [3.8, 4) is 0 Å². The molecule has 1 aliphatic heterocycles. The fourth-order valence-electron chi connectivity index (χ4n) is 3.70. The topological polar surface area (TPSA) is 32.3 Å². The zero-order chi connectivity index (χ0) is 20.1. The summed E-state index contributed by atoms with van der Waals surface area (Å²) in [6, 6.07) is 14.2. The molecule has 0 spiro atoms. The first-order valence-electron chi connectivity index (χ1n) is 10.0. The monoisotopic (exact) mass is 418 g/mol. The van der Waals surface area contributed by atoms with E-state index in [9.17, 15) is 4.79 Å². The number of nitrogens with zero attached hydrogens (tertiary/aromatic N) is 1. The first-order valence-corrected chi connectivity index (χ1v) is 10.8. The molecule has 5 heteroatoms. The Hall–Kier alpha value is -1.55. The number of carbonyl (C=O) groups excluding carboxylic acids is 1. The molecule has 150 valence electrons. The maximum Gasteiger partial charge on any atom is 0.223 e. The van der Waals surface area contributed by atoms with Crippen LogP contribution in [0.15, 0.2) is 42.5 Å². The second-order valence-electron chi connectivity index (χ2n) is 7.61. The van der Waals surface area contributed by atoms with Gasteiger partial charge in [-0.1, -0.05) is 60.5 Å². The van der Waals surface area contributed by atoms with Crippen molar-refractivity contribution in [1.29, 1.82) is 0 Å². The first kappa shape index (κ1) is 21.2. The highest BCUT2D eigenvalue weighted by atomic mass is 35.5. The molecule has 1 heterocycles. The second kappa shape index (κ2) is 9.78. The molecule has 1 aliphatic rings. The number of likely N-dealkylation sites (tertiary alicyclic amines) is 1. The molecule has 1 saturated heterocycles. The number of nitrogens with one attached hydrogen (secondary N) is 1. The highest BCUT2D eigenvalue weighted by molar-refractivity contribution is 6.35. The van der Waals surface area contributed by atoms with Gasteiger partial charge < -0.3 is 5.32 Å². The summed E-state index contributed by atoms with van der Waals surface area (Å²) in [5.74, 6) is 0.241. The molecule has 1 N–H and O–H groups in total. The van der Waals surface area contributed by atoms with Crippen LogP contribution in [0.5, 0.6) is 0 Å². The van der Waals surface area contributed by atoms with Crippen molar-refractivity contribution in [2.45, 2.75) is 45.7 Å². The number of piperidine rings is 1. The lowest BCUT2D eigenvalue weighted by Gasteiger charge is -2.32. The standard InChI is InChI=1S/C23H28Cl2N2O/c1-3-17-4-6-18(7-5-17)16(2)26-23(28)19-10-12-27(13-11-19)15-20-8-9-21(24)14-22(20)25/h4-9,14,16,19H,3,10-13,15H2,1-2H3,(H,26,28)/t16-/m1/s1. The smallest absolute Gasteiger partial charge is 0.223 e. The highest BCUT2D eigenvalue weighted by Gasteiger charge is 2.26. The van der Waals surface area contributed by atoms with Gasteiger partial charge in [-0.25, -0.2) is 0 Å². The summed E-state index contributed by atoms with van der Waals surface area (Å²) in [6.07, 6.45) is 2.78. The van der Waals surface area contributed by atoms with Crippen molar-refractivity contribution in [2.75, 3.05) is 13.1 Å². The van der Waals surface area contributed by atoms with Gasteiger partial charge in [0.1, 0.15) is 0 Å². The molecule has 0 saturated carbocycles. The third-order valence-corrected chi connectivity index (χ3v) is 6.20. The van der Waals surface area contributed by atoms with Crippen LogP contribution < -0.4 is 5.32 Å². The minimum absolute atomic E-state index is 0.0318. The van der Waals surface area contributed by atoms with Gasteiger partial charge in [0, 0.05) is 22.5 Å². The minimum atomic E-state index is 0.0318. The summed E-state index contributed by atoms with van der Waals surface area (Å²) in [4.78, 5) is 15.0. The Labute approximate surface area is 178 Å². The van der Waals surface area contributed by atoms with E-state index >= 15 is 0 Å². The van der Waals surface area contributed by atoms with Crippen LogP contribution in [0, 0.1) is 5.92 Å². The van der Waals surface area contributed by atoms with E-state index in [4.69, 9.17) is 23.2 Å². The van der Waals surface area contributed by atoms with Crippen molar-refractivity contribution in [1.82, 2.24) is 10.2 Å². The summed E-state index contributed by atoms with van der Waals surface area (Å²) in [6.45, 7) is 6.79. The molecule has 1 fully saturated rings. The molecule has 0 radical (unpaired) electrons. The minimum Gasteiger partial charge on any atom is -0.349 e. The van der Waals surface area contributed by atoms with Gasteiger partial charge >= 0.3 is 0 Å². The number of rotatable bonds is 6. The van der Waals surface area contributed by atoms with Crippen LogP contribution in [-0.4, -0.2) is 23.9 Å². The van der Waals surface area contributed by atoms with Crippen molar-refractivity contribution < 1.29 is 4.79 Å². The van der Waals surface area contributed by atoms with E-state index in [1.165, 1.54) is 5.56 Å². The number of amides is 1. The van der Waals surface area contributed by atoms with E-state index in [-0.39, 0.29) is 17.9 Å². The van der Waals surface area contributed by atoms with Crippen molar-refractivity contribution >= 4 is 29.1 Å². The van der Waals surface area contributed by atoms with Gasteiger partial charge in [0.15, 0.2) is 0 Å². The Morgan fingerprint density at radius 2 is 1.82 bits per heavy atom. The Kier molecular flexibility index (Phi) is 7.39. The molecule has 0 aromatic heterocycles. The van der Waals surface area contributed by atoms with Crippen LogP contribution in [0.1, 0.15) is 49.4 Å². The molecular formula is C23H28Cl2N2O. The van der Waals surface area contributed by atoms with E-state index in [2.05, 4.69) is 48.3 Å². The quantitative estimate of drug-likeness (QED) is 0.657. The van der Waals surface area contributed by atoms with Crippen LogP contribution in [0.3, 0.4) is 0 Å². The SMILES string of the molecule is CCc1ccc([C@@H](C)NC(=O)C2CCN(Cc3ccc(Cl)cc3Cl)CC2)cc1. The lowest BCUT2D eigenvalue weighted by atomic mass is 9.94. The van der Waals surface area contributed by atoms with Gasteiger partial charge in [-0.05, 0) is 68.1 Å². The molecule has 3 nitrogen and oxygen atoms in total. The van der Waals surface area contributed by atoms with Crippen molar-refractivity contribution in [3.63, 3.8) is 0 Å². The van der Waals surface area contributed by atoms with Gasteiger partial charge in [-0.15, -0.1) is 0 Å². The Bertz CT molecular complexity index is 799. The zero-order valence-electron chi connectivity index (χ0n) is 16.6. The van der Waals surface area contributed by atoms with Gasteiger partial charge in [0.05, 0.1) is 6.04 Å². The summed E-state index contributed by atoms with van der Waals surface area (Å²) >= 11 is 12.3. The van der Waals surface area contributed by atoms with E-state index in [0.29, 0.717) is 10.0 Å². The molecule has 1 atom stereocenters. The molecular weight excluding hydrogens is 391 g/mol. The number of hydrogen-bond acceptors (Lipinski definition) is 2. The largest absolute Gasteiger partial charge is 0.349 e. The summed E-state index contributed by atoms with van der Waals surface area (Å²) < 4.78 is 0. The van der Waals surface area contributed by atoms with Crippen LogP contribution in [0.4, 0.5) is 0 Å². The normalized spacial score (nSPS) is 16.7. The van der Waals surface area contributed by atoms with E-state index in [1.807, 2.05) is 12.1 Å². The third kappa shape index (κ3) is 5.50. The summed E-state index contributed by atoms with van der Waals surface area (Å²) in [7, 11) is 0. The molecule has 2 aromatic carbocycles. The molecule has 0 bridgehead atoms. The molecule has 0 unspecified atom stereocenters. The number of benzene rings is 2. The maximum atomic E-state index is 12.7. The average molecular weight is 419 g/mol. The van der Waals surface area contributed by atoms with Crippen molar-refractivity contribution in [2.24, 2.45) is 5.92 Å². The molecule has 28 heavy (non-hydrogen) atoms. The number of halogens is 2. The van der Waals surface area contributed by atoms with Crippen LogP contribution in [0.2, 0.25) is 10.0 Å². The summed E-state index contributed by atoms with van der Waals surface area (Å²) in [5, 5.41) is 4.55. The molecule has 1 amide bonds. The molecule has 2 aromatic rings. The third-order valence-electron chi connectivity index (χ3n) is 5.61. The Morgan fingerprint density at radius 1 is 1.14 bits per heavy atom. The molecule has 3 rings (SSSR count). The van der Waals surface area contributed by atoms with Gasteiger partial charge in [-0.3, -0.25) is 9.69 Å². The van der Waals surface area contributed by atoms with Gasteiger partial charge in [-0.2, -0.15) is 0 Å². The molecule has 0 aliphatic carbocycles. The van der Waals surface area contributed by atoms with Crippen molar-refractivity contribution in [3.05, 3.63) is 69.2 Å². The van der Waals surface area contributed by atoms with Gasteiger partial charge in [0.2, 0.25) is 5.91 Å². The summed E-state index contributed by atoms with van der Waals surface area (Å²) in [5.41, 5.74) is 3.55. The highest BCUT2D eigenvalue weighted by Crippen LogP contribution is 2.25. The first-order chi connectivity index (χ1) is 13.5. The second-order valence-corrected chi connectivity index (χ2v) is 8.46.